The van der Waals surface area contributed by atoms with E-state index >= 15 is 0 Å². The van der Waals surface area contributed by atoms with Crippen LogP contribution in [0.3, 0.4) is 0 Å². The van der Waals surface area contributed by atoms with Crippen LogP contribution < -0.4 is 56.7 Å². The van der Waals surface area contributed by atoms with E-state index in [4.69, 9.17) is 181 Å². The minimum atomic E-state index is -4.83. The molecule has 16 heterocycles. The lowest BCUT2D eigenvalue weighted by Crippen LogP contribution is -2.50. The minimum absolute atomic E-state index is 0.0134. The highest BCUT2D eigenvalue weighted by Crippen LogP contribution is 2.62. The lowest BCUT2D eigenvalue weighted by molar-refractivity contribution is -0.214. The predicted molar refractivity (Wildman–Crippen MR) is 473 cm³/mol. The van der Waals surface area contributed by atoms with E-state index in [-0.39, 0.29) is 87.3 Å². The molecule has 18 N–H and O–H groups in total. The fourth-order valence-corrected chi connectivity index (χ4v) is 24.6. The second-order valence-electron chi connectivity index (χ2n) is 31.3. The Labute approximate surface area is 766 Å². The Morgan fingerprint density at radius 2 is 0.885 bits per heavy atom. The molecule has 131 heavy (non-hydrogen) atoms. The van der Waals surface area contributed by atoms with Crippen molar-refractivity contribution in [2.24, 2.45) is 11.8 Å². The number of nitrogens with two attached hydrogens (primary N) is 4. The fourth-order valence-electron chi connectivity index (χ4n) is 16.2. The largest absolute Gasteiger partial charge is 0.394 e. The van der Waals surface area contributed by atoms with Gasteiger partial charge in [0, 0.05) is 73.5 Å². The van der Waals surface area contributed by atoms with E-state index in [0.29, 0.717) is 5.56 Å². The molecule has 66 heteroatoms. The highest BCUT2D eigenvalue weighted by molar-refractivity contribution is 8.08. The predicted octanol–water partition coefficient (Wildman–Crippen LogP) is -0.271. The van der Waals surface area contributed by atoms with Gasteiger partial charge in [-0.25, -0.2) is 49.3 Å². The van der Waals surface area contributed by atoms with Crippen LogP contribution in [0.2, 0.25) is 0 Å². The second kappa shape index (κ2) is 37.9. The van der Waals surface area contributed by atoms with Crippen LogP contribution in [0.25, 0.3) is 33.5 Å². The highest BCUT2D eigenvalue weighted by Gasteiger charge is 2.69. The van der Waals surface area contributed by atoms with Crippen LogP contribution in [0.5, 0.6) is 0 Å². The number of anilines is 4. The molecule has 7 saturated heterocycles. The summed E-state index contributed by atoms with van der Waals surface area (Å²) in [5.74, 6) is -2.10. The molecule has 7 aliphatic heterocycles. The monoisotopic (exact) mass is 2060 g/mol. The molecule has 7 fully saturated rings. The number of nitrogens with one attached hydrogen (secondary N) is 3. The molecule has 714 valence electrons. The van der Waals surface area contributed by atoms with Gasteiger partial charge in [-0.1, -0.05) is 13.8 Å². The Bertz CT molecular complexity index is 6600. The van der Waals surface area contributed by atoms with Gasteiger partial charge in [-0.2, -0.15) is 9.97 Å². The topological polar surface area (TPSA) is 716 Å². The Hall–Kier alpha value is -6.25. The van der Waals surface area contributed by atoms with E-state index in [9.17, 15) is 63.2 Å². The number of hydrogen-bond donors (Lipinski definition) is 14. The average molecular weight is 2070 g/mol. The SMILES string of the molecule is COP(O)(=S)OC1C[C@H](n2cc(C)c(=O)[nH]c2=O)O[C@@H]1COP(O)(=S)OC1C[C@H](n2cnc3c(N)ncnc32)O[C@@H]1COP(O)(=S)OC1C[C@H](n2cc(C)c(=O)[nH]c2=O)O[C@@H]1COP(O)(=S)OC1[C@@H]2O[C@@H](C)[C@]1(COP(O)(=S)OC1[C@@H](COP(O)(=S)OC3[C@@H](CO)O[C@@H](n4cc(C)c(N)nc4=O)[C@H]3C)O[C@@H](n3cnc4c(=O)[nH]c(N)nc43)[C@H]1C)O[C@H]2n1cnc2c(N)ncnc21. The molecule has 2 bridgehead atoms. The molecule has 7 aliphatic rings. The number of aliphatic hydroxyl groups is 1. The Morgan fingerprint density at radius 1 is 0.458 bits per heavy atom. The maximum atomic E-state index is 13.6. The van der Waals surface area contributed by atoms with E-state index in [1.165, 1.54) is 78.4 Å². The lowest BCUT2D eigenvalue weighted by Gasteiger charge is -2.37. The number of nitrogens with zero attached hydrogens (tertiary/aromatic N) is 15. The van der Waals surface area contributed by atoms with Gasteiger partial charge in [-0.05, 0) is 98.5 Å². The van der Waals surface area contributed by atoms with Crippen LogP contribution in [-0.4, -0.2) is 253 Å². The number of imidazole rings is 3. The van der Waals surface area contributed by atoms with Gasteiger partial charge in [0.05, 0.1) is 83.0 Å². The summed E-state index contributed by atoms with van der Waals surface area (Å²) in [6.07, 6.45) is -15.3. The quantitative estimate of drug-likeness (QED) is 0.0227. The minimum Gasteiger partial charge on any atom is -0.394 e. The van der Waals surface area contributed by atoms with Crippen molar-refractivity contribution in [1.82, 2.24) is 87.2 Å². The first-order valence-electron chi connectivity index (χ1n) is 39.4. The van der Waals surface area contributed by atoms with Crippen LogP contribution in [0.15, 0.2) is 79.0 Å². The summed E-state index contributed by atoms with van der Waals surface area (Å²) in [7, 11) is 1.11. The Morgan fingerprint density at radius 3 is 1.40 bits per heavy atom. The number of H-pyrrole nitrogens is 3. The van der Waals surface area contributed by atoms with E-state index in [1.54, 1.807) is 20.8 Å². The van der Waals surface area contributed by atoms with Crippen LogP contribution in [0.4, 0.5) is 23.4 Å². The molecule has 9 aromatic heterocycles. The van der Waals surface area contributed by atoms with Crippen molar-refractivity contribution >= 4 is 168 Å². The molecule has 0 radical (unpaired) electrons. The normalized spacial score (nSPS) is 31.9. The van der Waals surface area contributed by atoms with Gasteiger partial charge in [0.2, 0.25) is 5.95 Å². The zero-order valence-electron chi connectivity index (χ0n) is 69.1. The van der Waals surface area contributed by atoms with Crippen molar-refractivity contribution in [3.63, 3.8) is 0 Å². The second-order valence-corrected chi connectivity index (χ2v) is 48.1. The zero-order chi connectivity index (χ0) is 94.0. The number of rotatable bonds is 35. The summed E-state index contributed by atoms with van der Waals surface area (Å²) in [4.78, 5) is 195. The number of hydrogen-bond acceptors (Lipinski definition) is 45. The fraction of sp³-hybridized carbons (Fsp3) is 0.585. The number of aromatic nitrogens is 18. The van der Waals surface area contributed by atoms with Crippen molar-refractivity contribution in [3.05, 3.63) is 129 Å². The van der Waals surface area contributed by atoms with Crippen molar-refractivity contribution in [2.75, 3.05) is 69.7 Å². The Kier molecular flexibility index (Phi) is 28.3. The molecule has 54 nitrogen and oxygen atoms in total. The van der Waals surface area contributed by atoms with Crippen LogP contribution in [0, 0.1) is 32.6 Å². The van der Waals surface area contributed by atoms with E-state index in [1.807, 2.05) is 0 Å². The summed E-state index contributed by atoms with van der Waals surface area (Å²) < 4.78 is 125. The highest BCUT2D eigenvalue weighted by atomic mass is 32.5. The van der Waals surface area contributed by atoms with Gasteiger partial charge < -0.3 is 140 Å². The number of aliphatic hydroxyl groups excluding tert-OH is 1. The summed E-state index contributed by atoms with van der Waals surface area (Å²) in [5, 5.41) is 10.5. The maximum Gasteiger partial charge on any atom is 0.351 e. The summed E-state index contributed by atoms with van der Waals surface area (Å²) in [6.45, 7) is -22.4. The maximum absolute atomic E-state index is 13.6. The summed E-state index contributed by atoms with van der Waals surface area (Å²) >= 11 is 33.7. The molecule has 0 aliphatic carbocycles. The van der Waals surface area contributed by atoms with E-state index in [2.05, 4.69) is 59.8 Å². The molecule has 28 atom stereocenters. The van der Waals surface area contributed by atoms with Gasteiger partial charge in [0.15, 0.2) is 40.3 Å². The van der Waals surface area contributed by atoms with Crippen LogP contribution in [0.1, 0.15) is 94.1 Å². The third kappa shape index (κ3) is 20.4. The first kappa shape index (κ1) is 97.8. The van der Waals surface area contributed by atoms with E-state index in [0.717, 1.165) is 27.1 Å². The number of nitrogen functional groups attached to an aromatic ring is 4. The number of ether oxygens (including phenoxy) is 7. The first-order chi connectivity index (χ1) is 61.7. The van der Waals surface area contributed by atoms with Crippen molar-refractivity contribution in [2.45, 2.75) is 183 Å². The van der Waals surface area contributed by atoms with Gasteiger partial charge in [-0.3, -0.25) is 61.3 Å². The van der Waals surface area contributed by atoms with Gasteiger partial charge in [-0.15, -0.1) is 0 Å². The number of aromatic amines is 3. The first-order valence-corrected chi connectivity index (χ1v) is 54.9. The molecule has 0 spiro atoms. The molecular weight excluding hydrogens is 1980 g/mol. The summed E-state index contributed by atoms with van der Waals surface area (Å²) in [6, 6.07) is 0. The third-order valence-electron chi connectivity index (χ3n) is 22.8. The van der Waals surface area contributed by atoms with Gasteiger partial charge >= 0.3 is 57.4 Å². The molecule has 0 saturated carbocycles. The molecule has 16 rings (SSSR count). The molecule has 0 aromatic carbocycles. The zero-order valence-corrected chi connectivity index (χ0v) is 79.4. The lowest BCUT2D eigenvalue weighted by atomic mass is 9.94. The van der Waals surface area contributed by atoms with Gasteiger partial charge in [0.25, 0.3) is 16.7 Å². The summed E-state index contributed by atoms with van der Waals surface area (Å²) in [5.41, 5.74) is 18.7. The van der Waals surface area contributed by atoms with Crippen LogP contribution in [-0.2, 0) is 158 Å². The van der Waals surface area contributed by atoms with Crippen molar-refractivity contribution in [1.29, 1.82) is 0 Å². The van der Waals surface area contributed by atoms with Crippen molar-refractivity contribution in [3.8, 4) is 0 Å². The van der Waals surface area contributed by atoms with E-state index < -0.39 is 248 Å². The average Bonchev–Trinajstić information content (AvgIpc) is 1.54. The van der Waals surface area contributed by atoms with Crippen LogP contribution >= 0.6 is 40.3 Å². The Balaban J connectivity index is 0.640. The molecule has 9 aromatic rings. The number of aryl methyl sites for hydroxylation is 3. The smallest absolute Gasteiger partial charge is 0.351 e. The standard InChI is InChI=1S/C65H86N22O32P6S6/c1-25-11-84(62(92)77-49(25)66)58-28(4)45(34(14-88)111-58)117-123(98,129)105-18-38-46(29(5)59(112-38)87-24-76-44-54(87)78-61(69)79-57(44)91)118-125(100,131)106-19-65-30(6)107-47(60(113-65)86-23-75-43-51(68)71-21-73-53(43)86)48(65)119-124(99,130)104-17-36-32(9-40(109-36)83-13-27(3)56(90)81-64(83)94)115-121(96,127)103-16-37-33(10-41(110-37)85-22-74-42-50(67)70-20-72-52(42)85)116-122(97,128)102-15-35-31(114-120(95,126)101-7)8-39(108-35)82-12-26(2)55(89)80-63(82)93/h11-13,20-24,28-41,45-48,58-60,88H,8-10,14-19H2,1-7H3,(H,95,126)(H,96,127)(H,97,128)(H,98,129)(H,99,130)(H,100,131)(H2,66,77,92)(H2,67,70,72)(H2,68,71,73)(H,80,89,93)(H,81,90,94)(H3,69,78,79,91)/t28-,29-,30-,31?,32?,33?,34+,35+,36+,37+,38+,39+,40+,41+,45?,46?,47-,48?,58+,59+,60+,65-,120?,121?,122?,123?,124?,125?/m0/s1. The van der Waals surface area contributed by atoms with Gasteiger partial charge in [0.1, 0.15) is 121 Å². The molecular formula is C65H86N22O32P6S6. The third-order valence-corrected chi connectivity index (χ3v) is 32.3. The molecule has 0 amide bonds. The van der Waals surface area contributed by atoms with Crippen molar-refractivity contribution < 1.29 is 122 Å². The number of fused-ring (bicyclic) bond motifs is 5. The molecule has 12 unspecified atom stereocenters.